The van der Waals surface area contributed by atoms with Crippen LogP contribution < -0.4 is 11.1 Å². The highest BCUT2D eigenvalue weighted by atomic mass is 32.2. The van der Waals surface area contributed by atoms with Gasteiger partial charge < -0.3 is 15.6 Å². The van der Waals surface area contributed by atoms with Gasteiger partial charge in [0.25, 0.3) is 0 Å². The fraction of sp³-hybridized carbons (Fsp3) is 0.545. The van der Waals surface area contributed by atoms with Gasteiger partial charge in [-0.1, -0.05) is 5.16 Å². The summed E-state index contributed by atoms with van der Waals surface area (Å²) in [5.74, 6) is 1.15. The molecule has 114 valence electrons. The van der Waals surface area contributed by atoms with E-state index in [0.717, 1.165) is 11.5 Å². The second kappa shape index (κ2) is 5.26. The van der Waals surface area contributed by atoms with Gasteiger partial charge in [-0.3, -0.25) is 0 Å². The van der Waals surface area contributed by atoms with E-state index in [2.05, 4.69) is 19.8 Å². The molecule has 2 heterocycles. The van der Waals surface area contributed by atoms with Crippen LogP contribution in [0.4, 0.5) is 10.8 Å². The quantitative estimate of drug-likeness (QED) is 0.804. The maximum atomic E-state index is 12.3. The largest absolute Gasteiger partial charge is 0.382 e. The fourth-order valence-electron chi connectivity index (χ4n) is 1.96. The van der Waals surface area contributed by atoms with Crippen LogP contribution in [0, 0.1) is 6.92 Å². The predicted molar refractivity (Wildman–Crippen MR) is 78.0 cm³/mol. The van der Waals surface area contributed by atoms with Crippen molar-refractivity contribution < 1.29 is 12.9 Å². The average Bonchev–Trinajstić information content (AvgIpc) is 3.12. The lowest BCUT2D eigenvalue weighted by Gasteiger charge is -2.06. The molecule has 2 aromatic heterocycles. The number of anilines is 2. The van der Waals surface area contributed by atoms with Crippen LogP contribution in [0.3, 0.4) is 0 Å². The highest BCUT2D eigenvalue weighted by Gasteiger charge is 2.40. The van der Waals surface area contributed by atoms with Gasteiger partial charge in [-0.15, -0.1) is 0 Å². The molecule has 3 rings (SSSR count). The zero-order valence-corrected chi connectivity index (χ0v) is 13.0. The maximum Gasteiger partial charge on any atom is 0.223 e. The highest BCUT2D eigenvalue weighted by Crippen LogP contribution is 2.40. The Balaban J connectivity index is 1.71. The topological polar surface area (TPSA) is 124 Å². The van der Waals surface area contributed by atoms with Crippen LogP contribution in [0.15, 0.2) is 9.42 Å². The first-order valence-corrected chi connectivity index (χ1v) is 8.82. The number of sulfone groups is 1. The Kier molecular flexibility index (Phi) is 3.57. The van der Waals surface area contributed by atoms with Crippen LogP contribution >= 0.6 is 11.5 Å². The highest BCUT2D eigenvalue weighted by molar-refractivity contribution is 7.92. The van der Waals surface area contributed by atoms with Crippen molar-refractivity contribution in [3.05, 3.63) is 11.7 Å². The molecule has 0 aliphatic heterocycles. The van der Waals surface area contributed by atoms with E-state index >= 15 is 0 Å². The van der Waals surface area contributed by atoms with Gasteiger partial charge in [-0.2, -0.15) is 9.36 Å². The molecule has 0 spiro atoms. The Bertz CT molecular complexity index is 748. The van der Waals surface area contributed by atoms with Gasteiger partial charge in [0.15, 0.2) is 21.5 Å². The molecule has 0 radical (unpaired) electrons. The van der Waals surface area contributed by atoms with E-state index in [9.17, 15) is 8.42 Å². The first kappa shape index (κ1) is 14.3. The van der Waals surface area contributed by atoms with Crippen LogP contribution in [0.1, 0.15) is 24.6 Å². The molecular weight excluding hydrogens is 314 g/mol. The van der Waals surface area contributed by atoms with Crippen LogP contribution in [0.25, 0.3) is 0 Å². The predicted octanol–water partition coefficient (Wildman–Crippen LogP) is 1.01. The normalized spacial score (nSPS) is 15.3. The number of aryl methyl sites for hydroxylation is 1. The van der Waals surface area contributed by atoms with Crippen molar-refractivity contribution >= 4 is 32.2 Å². The summed E-state index contributed by atoms with van der Waals surface area (Å²) in [4.78, 5) is 4.22. The summed E-state index contributed by atoms with van der Waals surface area (Å²) < 4.78 is 33.5. The Hall–Kier alpha value is -1.68. The third-order valence-corrected chi connectivity index (χ3v) is 6.41. The number of nitrogen functional groups attached to an aromatic ring is 1. The van der Waals surface area contributed by atoms with Gasteiger partial charge in [-0.25, -0.2) is 8.42 Å². The van der Waals surface area contributed by atoms with E-state index in [1.807, 2.05) is 0 Å². The van der Waals surface area contributed by atoms with Gasteiger partial charge in [0, 0.05) is 19.9 Å². The van der Waals surface area contributed by atoms with Crippen molar-refractivity contribution in [2.75, 3.05) is 17.6 Å². The second-order valence-corrected chi connectivity index (χ2v) is 7.82. The SMILES string of the molecule is Cc1nc(CCNc2snc(N)c2S(=O)(=O)C2CC2)no1. The van der Waals surface area contributed by atoms with Gasteiger partial charge in [0.1, 0.15) is 9.90 Å². The first-order chi connectivity index (χ1) is 9.98. The molecule has 0 aromatic carbocycles. The summed E-state index contributed by atoms with van der Waals surface area (Å²) in [5.41, 5.74) is 5.72. The van der Waals surface area contributed by atoms with Crippen molar-refractivity contribution in [3.63, 3.8) is 0 Å². The molecule has 1 aliphatic rings. The Morgan fingerprint density at radius 1 is 1.48 bits per heavy atom. The summed E-state index contributed by atoms with van der Waals surface area (Å²) in [7, 11) is -3.36. The second-order valence-electron chi connectivity index (χ2n) is 4.88. The van der Waals surface area contributed by atoms with Crippen LogP contribution in [0.2, 0.25) is 0 Å². The molecule has 21 heavy (non-hydrogen) atoms. The standard InChI is InChI=1S/C11H15N5O3S2/c1-6-14-8(15-19-6)4-5-13-11-9(10(12)16-20-11)21(17,18)7-2-3-7/h7,13H,2-5H2,1H3,(H2,12,16). The van der Waals surface area contributed by atoms with Crippen LogP contribution in [0.5, 0.6) is 0 Å². The van der Waals surface area contributed by atoms with Crippen molar-refractivity contribution in [2.24, 2.45) is 0 Å². The van der Waals surface area contributed by atoms with Crippen molar-refractivity contribution in [3.8, 4) is 0 Å². The Labute approximate surface area is 125 Å². The van der Waals surface area contributed by atoms with Gasteiger partial charge in [0.05, 0.1) is 5.25 Å². The molecule has 1 fully saturated rings. The molecule has 10 heteroatoms. The number of nitrogens with zero attached hydrogens (tertiary/aromatic N) is 3. The molecule has 1 aliphatic carbocycles. The minimum atomic E-state index is -3.36. The van der Waals surface area contributed by atoms with Crippen molar-refractivity contribution in [1.82, 2.24) is 14.5 Å². The summed E-state index contributed by atoms with van der Waals surface area (Å²) in [5, 5.41) is 7.01. The van der Waals surface area contributed by atoms with Crippen LogP contribution in [-0.2, 0) is 16.3 Å². The smallest absolute Gasteiger partial charge is 0.223 e. The maximum absolute atomic E-state index is 12.3. The molecule has 0 atom stereocenters. The molecule has 3 N–H and O–H groups in total. The van der Waals surface area contributed by atoms with Gasteiger partial charge in [-0.05, 0) is 24.4 Å². The van der Waals surface area contributed by atoms with Gasteiger partial charge in [0.2, 0.25) is 5.89 Å². The number of hydrogen-bond acceptors (Lipinski definition) is 9. The minimum Gasteiger partial charge on any atom is -0.382 e. The van der Waals surface area contributed by atoms with E-state index in [4.69, 9.17) is 10.3 Å². The van der Waals surface area contributed by atoms with E-state index in [0.29, 0.717) is 42.5 Å². The van der Waals surface area contributed by atoms with E-state index in [-0.39, 0.29) is 16.0 Å². The molecular formula is C11H15N5O3S2. The van der Waals surface area contributed by atoms with E-state index < -0.39 is 9.84 Å². The van der Waals surface area contributed by atoms with E-state index in [1.54, 1.807) is 6.92 Å². The number of hydrogen-bond donors (Lipinski definition) is 2. The monoisotopic (exact) mass is 329 g/mol. The third-order valence-electron chi connectivity index (χ3n) is 3.13. The molecule has 0 saturated heterocycles. The summed E-state index contributed by atoms with van der Waals surface area (Å²) in [6.07, 6.45) is 1.91. The van der Waals surface area contributed by atoms with Gasteiger partial charge >= 0.3 is 0 Å². The minimum absolute atomic E-state index is 0.0739. The molecule has 0 unspecified atom stereocenters. The average molecular weight is 329 g/mol. The van der Waals surface area contributed by atoms with Crippen molar-refractivity contribution in [2.45, 2.75) is 36.3 Å². The Morgan fingerprint density at radius 2 is 2.24 bits per heavy atom. The number of rotatable bonds is 6. The third kappa shape index (κ3) is 2.86. The molecule has 0 amide bonds. The lowest BCUT2D eigenvalue weighted by atomic mass is 10.4. The number of aromatic nitrogens is 3. The zero-order chi connectivity index (χ0) is 15.0. The lowest BCUT2D eigenvalue weighted by molar-refractivity contribution is 0.387. The Morgan fingerprint density at radius 3 is 2.86 bits per heavy atom. The molecule has 2 aromatic rings. The van der Waals surface area contributed by atoms with Crippen LogP contribution in [-0.4, -0.2) is 34.7 Å². The number of nitrogens with one attached hydrogen (secondary N) is 1. The molecule has 0 bridgehead atoms. The summed E-state index contributed by atoms with van der Waals surface area (Å²) >= 11 is 1.06. The lowest BCUT2D eigenvalue weighted by Crippen LogP contribution is -2.13. The van der Waals surface area contributed by atoms with E-state index in [1.165, 1.54) is 0 Å². The summed E-state index contributed by atoms with van der Waals surface area (Å²) in [6, 6.07) is 0. The fourth-order valence-corrected chi connectivity index (χ4v) is 4.87. The van der Waals surface area contributed by atoms with Crippen molar-refractivity contribution in [1.29, 1.82) is 0 Å². The molecule has 8 nitrogen and oxygen atoms in total. The molecule has 1 saturated carbocycles. The zero-order valence-electron chi connectivity index (χ0n) is 11.4. The summed E-state index contributed by atoms with van der Waals surface area (Å²) in [6.45, 7) is 2.20. The number of nitrogens with two attached hydrogens (primary N) is 1. The first-order valence-electron chi connectivity index (χ1n) is 6.50.